The van der Waals surface area contributed by atoms with Crippen molar-refractivity contribution in [2.75, 3.05) is 19.6 Å². The molecular weight excluding hydrogens is 423 g/mol. The molecule has 2 saturated heterocycles. The zero-order valence-electron chi connectivity index (χ0n) is 20.4. The lowest BCUT2D eigenvalue weighted by atomic mass is 9.73. The van der Waals surface area contributed by atoms with Crippen LogP contribution in [0.2, 0.25) is 0 Å². The van der Waals surface area contributed by atoms with Gasteiger partial charge in [0.15, 0.2) is 0 Å². The third-order valence-electron chi connectivity index (χ3n) is 9.07. The molecule has 1 N–H and O–H groups in total. The Morgan fingerprint density at radius 3 is 2.45 bits per heavy atom. The van der Waals surface area contributed by atoms with Gasteiger partial charge < -0.3 is 14.5 Å². The number of alkyl halides is 1. The standard InChI is InChI=1S/C25H41FN4O3/c1-15-4-6-20(26)11-24(15)33-25(32)28-13-16(2)30(17(3)31)22-9-5-18(10-23(22)28)19-12-27-29(14-19)21-7-8-21/h15-16,18-24,27H,4-14H2,1-3H3. The van der Waals surface area contributed by atoms with Crippen LogP contribution in [0.1, 0.15) is 72.1 Å². The van der Waals surface area contributed by atoms with E-state index in [2.05, 4.69) is 17.4 Å². The molecule has 0 radical (unpaired) electrons. The van der Waals surface area contributed by atoms with Crippen LogP contribution >= 0.6 is 0 Å². The van der Waals surface area contributed by atoms with Gasteiger partial charge in [0.1, 0.15) is 12.3 Å². The third kappa shape index (κ3) is 4.75. The minimum Gasteiger partial charge on any atom is -0.446 e. The zero-order valence-corrected chi connectivity index (χ0v) is 20.4. The highest BCUT2D eigenvalue weighted by atomic mass is 19.1. The minimum absolute atomic E-state index is 0.0219. The van der Waals surface area contributed by atoms with E-state index in [4.69, 9.17) is 4.74 Å². The number of piperazine rings is 1. The number of amides is 2. The quantitative estimate of drug-likeness (QED) is 0.694. The van der Waals surface area contributed by atoms with Crippen LogP contribution < -0.4 is 5.43 Å². The number of rotatable bonds is 3. The second kappa shape index (κ2) is 9.33. The Bertz CT molecular complexity index is 749. The number of carbonyl (C=O) groups excluding carboxylic acids is 2. The molecule has 5 fully saturated rings. The highest BCUT2D eigenvalue weighted by Crippen LogP contribution is 2.41. The third-order valence-corrected chi connectivity index (χ3v) is 9.07. The summed E-state index contributed by atoms with van der Waals surface area (Å²) >= 11 is 0. The summed E-state index contributed by atoms with van der Waals surface area (Å²) in [4.78, 5) is 29.9. The van der Waals surface area contributed by atoms with Crippen molar-refractivity contribution in [3.05, 3.63) is 0 Å². The molecule has 0 aromatic carbocycles. The van der Waals surface area contributed by atoms with Gasteiger partial charge in [-0.1, -0.05) is 6.92 Å². The van der Waals surface area contributed by atoms with E-state index in [1.54, 1.807) is 6.92 Å². The first-order valence-electron chi connectivity index (χ1n) is 13.2. The SMILES string of the molecule is CC(=O)N1C(C)CN(C(=O)OC2CC(F)CCC2C)C2CC(C3CNN(C4CC4)C3)CCC21. The summed E-state index contributed by atoms with van der Waals surface area (Å²) in [7, 11) is 0. The summed E-state index contributed by atoms with van der Waals surface area (Å²) in [5.74, 6) is 1.39. The van der Waals surface area contributed by atoms with Crippen molar-refractivity contribution in [3.8, 4) is 0 Å². The summed E-state index contributed by atoms with van der Waals surface area (Å²) in [5, 5.41) is 2.42. The summed E-state index contributed by atoms with van der Waals surface area (Å²) in [6.07, 6.45) is 5.58. The van der Waals surface area contributed by atoms with Crippen molar-refractivity contribution >= 4 is 12.0 Å². The number of halogens is 1. The van der Waals surface area contributed by atoms with Crippen molar-refractivity contribution < 1.29 is 18.7 Å². The maximum atomic E-state index is 14.0. The highest BCUT2D eigenvalue weighted by Gasteiger charge is 2.49. The van der Waals surface area contributed by atoms with Crippen molar-refractivity contribution in [2.24, 2.45) is 17.8 Å². The van der Waals surface area contributed by atoms with Crippen molar-refractivity contribution in [2.45, 2.75) is 109 Å². The predicted molar refractivity (Wildman–Crippen MR) is 123 cm³/mol. The van der Waals surface area contributed by atoms with Gasteiger partial charge in [-0.15, -0.1) is 0 Å². The molecule has 3 aliphatic carbocycles. The lowest BCUT2D eigenvalue weighted by molar-refractivity contribution is -0.143. The van der Waals surface area contributed by atoms with E-state index in [0.717, 1.165) is 38.8 Å². The summed E-state index contributed by atoms with van der Waals surface area (Å²) in [5.41, 5.74) is 3.60. The van der Waals surface area contributed by atoms with Crippen LogP contribution in [-0.4, -0.2) is 82.9 Å². The van der Waals surface area contributed by atoms with Gasteiger partial charge in [0.05, 0.1) is 12.1 Å². The van der Waals surface area contributed by atoms with E-state index < -0.39 is 6.17 Å². The maximum Gasteiger partial charge on any atom is 0.410 e. The molecule has 7 nitrogen and oxygen atoms in total. The van der Waals surface area contributed by atoms with Crippen LogP contribution in [0, 0.1) is 17.8 Å². The van der Waals surface area contributed by atoms with E-state index in [9.17, 15) is 14.0 Å². The van der Waals surface area contributed by atoms with E-state index >= 15 is 0 Å². The fourth-order valence-electron chi connectivity index (χ4n) is 7.03. The van der Waals surface area contributed by atoms with E-state index in [1.165, 1.54) is 12.8 Å². The molecule has 186 valence electrons. The number of nitrogens with one attached hydrogen (secondary N) is 1. The number of ether oxygens (including phenoxy) is 1. The number of nitrogens with zero attached hydrogens (tertiary/aromatic N) is 3. The monoisotopic (exact) mass is 464 g/mol. The first kappa shape index (κ1) is 23.3. The molecule has 5 aliphatic rings. The fraction of sp³-hybridized carbons (Fsp3) is 0.920. The summed E-state index contributed by atoms with van der Waals surface area (Å²) in [6, 6.07) is 0.690. The van der Waals surface area contributed by atoms with Gasteiger partial charge in [-0.2, -0.15) is 0 Å². The topological polar surface area (TPSA) is 65.1 Å². The molecule has 0 aromatic rings. The normalized spacial score (nSPS) is 42.2. The summed E-state index contributed by atoms with van der Waals surface area (Å²) < 4.78 is 20.0. The smallest absolute Gasteiger partial charge is 0.410 e. The van der Waals surface area contributed by atoms with Crippen molar-refractivity contribution in [3.63, 3.8) is 0 Å². The molecule has 0 spiro atoms. The van der Waals surface area contributed by atoms with Crippen LogP contribution in [0.5, 0.6) is 0 Å². The Morgan fingerprint density at radius 1 is 0.939 bits per heavy atom. The zero-order chi connectivity index (χ0) is 23.3. The number of hydrogen-bond acceptors (Lipinski definition) is 5. The molecule has 2 heterocycles. The molecule has 8 heteroatoms. The van der Waals surface area contributed by atoms with Crippen molar-refractivity contribution in [1.29, 1.82) is 0 Å². The largest absolute Gasteiger partial charge is 0.446 e. The molecule has 2 amide bonds. The number of hydrogen-bond donors (Lipinski definition) is 1. The molecule has 8 unspecified atom stereocenters. The molecule has 33 heavy (non-hydrogen) atoms. The Labute approximate surface area is 197 Å². The fourth-order valence-corrected chi connectivity index (χ4v) is 7.03. The molecule has 0 bridgehead atoms. The van der Waals surface area contributed by atoms with Gasteiger partial charge in [-0.3, -0.25) is 10.2 Å². The first-order chi connectivity index (χ1) is 15.8. The van der Waals surface area contributed by atoms with Crippen LogP contribution in [-0.2, 0) is 9.53 Å². The Morgan fingerprint density at radius 2 is 1.73 bits per heavy atom. The summed E-state index contributed by atoms with van der Waals surface area (Å²) in [6.45, 7) is 8.31. The second-order valence-electron chi connectivity index (χ2n) is 11.5. The number of hydrazine groups is 1. The Kier molecular flexibility index (Phi) is 6.60. The van der Waals surface area contributed by atoms with Gasteiger partial charge in [0.25, 0.3) is 0 Å². The Balaban J connectivity index is 1.30. The van der Waals surface area contributed by atoms with Gasteiger partial charge >= 0.3 is 6.09 Å². The average molecular weight is 465 g/mol. The maximum absolute atomic E-state index is 14.0. The van der Waals surface area contributed by atoms with Crippen LogP contribution in [0.4, 0.5) is 9.18 Å². The van der Waals surface area contributed by atoms with Gasteiger partial charge in [0, 0.05) is 45.1 Å². The average Bonchev–Trinajstić information content (AvgIpc) is 3.51. The van der Waals surface area contributed by atoms with Crippen LogP contribution in [0.3, 0.4) is 0 Å². The van der Waals surface area contributed by atoms with Crippen LogP contribution in [0.25, 0.3) is 0 Å². The van der Waals surface area contributed by atoms with E-state index in [-0.39, 0.29) is 42.1 Å². The second-order valence-corrected chi connectivity index (χ2v) is 11.5. The first-order valence-corrected chi connectivity index (χ1v) is 13.2. The molecule has 3 saturated carbocycles. The number of carbonyl (C=O) groups is 2. The van der Waals surface area contributed by atoms with Crippen molar-refractivity contribution in [1.82, 2.24) is 20.2 Å². The molecular formula is C25H41FN4O3. The lowest BCUT2D eigenvalue weighted by Crippen LogP contribution is -2.67. The van der Waals surface area contributed by atoms with E-state index in [1.807, 2.05) is 16.7 Å². The molecule has 5 rings (SSSR count). The number of fused-ring (bicyclic) bond motifs is 1. The highest BCUT2D eigenvalue weighted by molar-refractivity contribution is 5.75. The molecule has 0 aromatic heterocycles. The van der Waals surface area contributed by atoms with Gasteiger partial charge in [0.2, 0.25) is 5.91 Å². The molecule has 8 atom stereocenters. The minimum atomic E-state index is -0.886. The van der Waals surface area contributed by atoms with Crippen LogP contribution in [0.15, 0.2) is 0 Å². The Hall–Kier alpha value is -1.41. The lowest BCUT2D eigenvalue weighted by Gasteiger charge is -2.54. The van der Waals surface area contributed by atoms with Gasteiger partial charge in [-0.25, -0.2) is 14.2 Å². The van der Waals surface area contributed by atoms with Gasteiger partial charge in [-0.05, 0) is 69.6 Å². The molecule has 2 aliphatic heterocycles. The van der Waals surface area contributed by atoms with E-state index in [0.29, 0.717) is 37.3 Å². The predicted octanol–water partition coefficient (Wildman–Crippen LogP) is 3.34.